The van der Waals surface area contributed by atoms with Crippen LogP contribution in [0.3, 0.4) is 0 Å². The maximum atomic E-state index is 14.4. The summed E-state index contributed by atoms with van der Waals surface area (Å²) in [6, 6.07) is 15.6. The summed E-state index contributed by atoms with van der Waals surface area (Å²) in [4.78, 5) is 17.3. The van der Waals surface area contributed by atoms with Crippen LogP contribution in [0, 0.1) is 5.82 Å². The van der Waals surface area contributed by atoms with E-state index in [9.17, 15) is 9.18 Å². The van der Waals surface area contributed by atoms with Crippen molar-refractivity contribution in [3.63, 3.8) is 0 Å². The number of benzene rings is 2. The number of nitrogens with two attached hydrogens (primary N) is 1. The van der Waals surface area contributed by atoms with E-state index >= 15 is 0 Å². The Labute approximate surface area is 192 Å². The second-order valence-electron chi connectivity index (χ2n) is 7.77. The molecule has 168 valence electrons. The standard InChI is InChI=1S/C25H27ClFN3O2/c1-16(28)6-12-20-22(27)4-3-5-23(20)30-24(31)14-21(17-7-10-19(26)11-8-17)18-9-13-25(32-2)29-15-18/h3-5,7-11,13,15-16,21H,6,12,14,28H2,1-2H3,(H,30,31). The highest BCUT2D eigenvalue weighted by molar-refractivity contribution is 6.30. The molecule has 0 fully saturated rings. The van der Waals surface area contributed by atoms with Gasteiger partial charge >= 0.3 is 0 Å². The number of aromatic nitrogens is 1. The summed E-state index contributed by atoms with van der Waals surface area (Å²) in [5, 5.41) is 3.50. The van der Waals surface area contributed by atoms with Gasteiger partial charge in [0.15, 0.2) is 0 Å². The third-order valence-electron chi connectivity index (χ3n) is 5.28. The molecule has 32 heavy (non-hydrogen) atoms. The molecule has 0 aliphatic rings. The van der Waals surface area contributed by atoms with Crippen LogP contribution in [0.25, 0.3) is 0 Å². The third kappa shape index (κ3) is 6.28. The van der Waals surface area contributed by atoms with Crippen molar-refractivity contribution in [2.75, 3.05) is 12.4 Å². The minimum Gasteiger partial charge on any atom is -0.481 e. The Morgan fingerprint density at radius 3 is 2.50 bits per heavy atom. The lowest BCUT2D eigenvalue weighted by Gasteiger charge is -2.19. The molecule has 1 heterocycles. The number of halogens is 2. The van der Waals surface area contributed by atoms with E-state index in [1.807, 2.05) is 25.1 Å². The van der Waals surface area contributed by atoms with Crippen LogP contribution in [0.15, 0.2) is 60.8 Å². The number of anilines is 1. The molecule has 1 aromatic heterocycles. The molecule has 1 amide bonds. The summed E-state index contributed by atoms with van der Waals surface area (Å²) in [6.45, 7) is 1.87. The number of nitrogens with one attached hydrogen (secondary N) is 1. The normalized spacial score (nSPS) is 12.8. The van der Waals surface area contributed by atoms with Crippen molar-refractivity contribution in [2.24, 2.45) is 5.73 Å². The molecule has 5 nitrogen and oxygen atoms in total. The van der Waals surface area contributed by atoms with Gasteiger partial charge in [0.05, 0.1) is 7.11 Å². The summed E-state index contributed by atoms with van der Waals surface area (Å²) < 4.78 is 19.6. The zero-order chi connectivity index (χ0) is 23.1. The highest BCUT2D eigenvalue weighted by atomic mass is 35.5. The molecule has 7 heteroatoms. The van der Waals surface area contributed by atoms with Crippen molar-refractivity contribution in [3.8, 4) is 5.88 Å². The van der Waals surface area contributed by atoms with Gasteiger partial charge in [-0.1, -0.05) is 35.9 Å². The Morgan fingerprint density at radius 1 is 1.16 bits per heavy atom. The summed E-state index contributed by atoms with van der Waals surface area (Å²) in [5.41, 5.74) is 8.55. The fourth-order valence-electron chi connectivity index (χ4n) is 3.53. The lowest BCUT2D eigenvalue weighted by atomic mass is 9.89. The van der Waals surface area contributed by atoms with Gasteiger partial charge in [-0.2, -0.15) is 0 Å². The SMILES string of the molecule is COc1ccc(C(CC(=O)Nc2cccc(F)c2CCC(C)N)c2ccc(Cl)cc2)cn1. The number of rotatable bonds is 9. The number of nitrogens with zero attached hydrogens (tertiary/aromatic N) is 1. The van der Waals surface area contributed by atoms with Crippen molar-refractivity contribution < 1.29 is 13.9 Å². The van der Waals surface area contributed by atoms with Gasteiger partial charge in [-0.05, 0) is 55.2 Å². The average Bonchev–Trinajstić information content (AvgIpc) is 2.78. The van der Waals surface area contributed by atoms with Crippen molar-refractivity contribution >= 4 is 23.2 Å². The van der Waals surface area contributed by atoms with Crippen molar-refractivity contribution in [2.45, 2.75) is 38.1 Å². The molecule has 0 spiro atoms. The van der Waals surface area contributed by atoms with Gasteiger partial charge in [0, 0.05) is 46.9 Å². The van der Waals surface area contributed by atoms with Crippen LogP contribution >= 0.6 is 11.6 Å². The first-order valence-electron chi connectivity index (χ1n) is 10.5. The lowest BCUT2D eigenvalue weighted by Crippen LogP contribution is -2.19. The first-order chi connectivity index (χ1) is 15.4. The number of methoxy groups -OCH3 is 1. The van der Waals surface area contributed by atoms with Crippen molar-refractivity contribution in [3.05, 3.63) is 88.3 Å². The van der Waals surface area contributed by atoms with Crippen LogP contribution in [0.5, 0.6) is 5.88 Å². The van der Waals surface area contributed by atoms with Crippen molar-refractivity contribution in [1.82, 2.24) is 4.98 Å². The van der Waals surface area contributed by atoms with Crippen molar-refractivity contribution in [1.29, 1.82) is 0 Å². The molecule has 0 radical (unpaired) electrons. The summed E-state index contributed by atoms with van der Waals surface area (Å²) in [7, 11) is 1.55. The molecule has 0 saturated carbocycles. The van der Waals surface area contributed by atoms with Gasteiger partial charge in [-0.15, -0.1) is 0 Å². The quantitative estimate of drug-likeness (QED) is 0.457. The third-order valence-corrected chi connectivity index (χ3v) is 5.53. The molecule has 0 bridgehead atoms. The predicted octanol–water partition coefficient (Wildman–Crippen LogP) is 5.32. The first kappa shape index (κ1) is 23.7. The van der Waals surface area contributed by atoms with E-state index in [4.69, 9.17) is 22.1 Å². The molecule has 3 aromatic rings. The van der Waals surface area contributed by atoms with E-state index < -0.39 is 0 Å². The van der Waals surface area contributed by atoms with E-state index in [0.29, 0.717) is 35.0 Å². The second-order valence-corrected chi connectivity index (χ2v) is 8.21. The minimum absolute atomic E-state index is 0.0602. The predicted molar refractivity (Wildman–Crippen MR) is 126 cm³/mol. The Hall–Kier alpha value is -2.96. The Bertz CT molecular complexity index is 1040. The molecule has 0 aliphatic heterocycles. The van der Waals surface area contributed by atoms with Crippen LogP contribution in [0.4, 0.5) is 10.1 Å². The Balaban J connectivity index is 1.84. The van der Waals surface area contributed by atoms with Crippen LogP contribution in [0.2, 0.25) is 5.02 Å². The lowest BCUT2D eigenvalue weighted by molar-refractivity contribution is -0.116. The Morgan fingerprint density at radius 2 is 1.88 bits per heavy atom. The molecule has 2 atom stereocenters. The monoisotopic (exact) mass is 455 g/mol. The van der Waals surface area contributed by atoms with Crippen LogP contribution in [-0.4, -0.2) is 24.0 Å². The van der Waals surface area contributed by atoms with Gasteiger partial charge in [0.1, 0.15) is 5.82 Å². The molecular formula is C25H27ClFN3O2. The zero-order valence-electron chi connectivity index (χ0n) is 18.1. The van der Waals surface area contributed by atoms with Gasteiger partial charge in [0.2, 0.25) is 11.8 Å². The second kappa shape index (κ2) is 11.1. The van der Waals surface area contributed by atoms with Gasteiger partial charge in [0.25, 0.3) is 0 Å². The summed E-state index contributed by atoms with van der Waals surface area (Å²) in [5.74, 6) is -0.344. The maximum absolute atomic E-state index is 14.4. The number of carbonyl (C=O) groups is 1. The number of carbonyl (C=O) groups excluding carboxylic acids is 1. The average molecular weight is 456 g/mol. The van der Waals surface area contributed by atoms with Gasteiger partial charge in [-0.3, -0.25) is 4.79 Å². The van der Waals surface area contributed by atoms with Gasteiger partial charge in [-0.25, -0.2) is 9.37 Å². The summed E-state index contributed by atoms with van der Waals surface area (Å²) in [6.07, 6.45) is 2.91. The molecule has 3 rings (SSSR count). The molecule has 3 N–H and O–H groups in total. The largest absolute Gasteiger partial charge is 0.481 e. The smallest absolute Gasteiger partial charge is 0.225 e. The summed E-state index contributed by atoms with van der Waals surface area (Å²) >= 11 is 6.05. The van der Waals surface area contributed by atoms with E-state index in [-0.39, 0.29) is 30.1 Å². The first-order valence-corrected chi connectivity index (χ1v) is 10.8. The molecule has 2 aromatic carbocycles. The number of pyridine rings is 1. The molecule has 0 aliphatic carbocycles. The van der Waals surface area contributed by atoms with E-state index in [1.54, 1.807) is 43.6 Å². The number of ether oxygens (including phenoxy) is 1. The van der Waals surface area contributed by atoms with E-state index in [1.165, 1.54) is 6.07 Å². The van der Waals surface area contributed by atoms with Crippen LogP contribution in [0.1, 0.15) is 42.4 Å². The highest BCUT2D eigenvalue weighted by Crippen LogP contribution is 2.30. The molecule has 0 saturated heterocycles. The zero-order valence-corrected chi connectivity index (χ0v) is 18.9. The number of amides is 1. The fraction of sp³-hybridized carbons (Fsp3) is 0.280. The molecule has 2 unspecified atom stereocenters. The minimum atomic E-state index is -0.350. The van der Waals surface area contributed by atoms with Gasteiger partial charge < -0.3 is 15.8 Å². The molecular weight excluding hydrogens is 429 g/mol. The number of hydrogen-bond acceptors (Lipinski definition) is 4. The van der Waals surface area contributed by atoms with Crippen LogP contribution < -0.4 is 15.8 Å². The maximum Gasteiger partial charge on any atom is 0.225 e. The fourth-order valence-corrected chi connectivity index (χ4v) is 3.66. The van der Waals surface area contributed by atoms with E-state index in [0.717, 1.165) is 11.1 Å². The van der Waals surface area contributed by atoms with Crippen LogP contribution in [-0.2, 0) is 11.2 Å². The highest BCUT2D eigenvalue weighted by Gasteiger charge is 2.20. The van der Waals surface area contributed by atoms with E-state index in [2.05, 4.69) is 10.3 Å². The number of hydrogen-bond donors (Lipinski definition) is 2. The Kier molecular flexibility index (Phi) is 8.20. The topological polar surface area (TPSA) is 77.2 Å².